The molecule has 5 heteroatoms. The number of nitrogens with one attached hydrogen (secondary N) is 1. The predicted octanol–water partition coefficient (Wildman–Crippen LogP) is -0.328. The molecule has 0 spiro atoms. The lowest BCUT2D eigenvalue weighted by Gasteiger charge is -2.33. The van der Waals surface area contributed by atoms with Gasteiger partial charge in [-0.15, -0.1) is 0 Å². The third-order valence-corrected chi connectivity index (χ3v) is 4.19. The number of hydrogen-bond donors (Lipinski definition) is 1. The van der Waals surface area contributed by atoms with Crippen LogP contribution >= 0.6 is 0 Å². The molecule has 2 atom stereocenters. The largest absolute Gasteiger partial charge is 0.371 e. The molecule has 5 nitrogen and oxygen atoms in total. The van der Waals surface area contributed by atoms with Crippen molar-refractivity contribution in [3.63, 3.8) is 0 Å². The number of fused-ring (bicyclic) bond motifs is 2. The van der Waals surface area contributed by atoms with Crippen molar-refractivity contribution in [3.8, 4) is 0 Å². The third kappa shape index (κ3) is 2.84. The van der Waals surface area contributed by atoms with Crippen molar-refractivity contribution in [2.75, 3.05) is 45.8 Å². The zero-order valence-corrected chi connectivity index (χ0v) is 10.9. The Morgan fingerprint density at radius 2 is 1.94 bits per heavy atom. The number of nitrogens with zero attached hydrogens (tertiary/aromatic N) is 2. The molecular formula is C13H23N3O2. The number of morpholine rings is 1. The minimum absolute atomic E-state index is 0.289. The number of carbonyl (C=O) groups excluding carboxylic acids is 1. The minimum Gasteiger partial charge on any atom is -0.371 e. The molecule has 2 unspecified atom stereocenters. The van der Waals surface area contributed by atoms with E-state index in [4.69, 9.17) is 4.74 Å². The predicted molar refractivity (Wildman–Crippen MR) is 68.4 cm³/mol. The van der Waals surface area contributed by atoms with Gasteiger partial charge < -0.3 is 15.0 Å². The normalized spacial score (nSPS) is 33.4. The second kappa shape index (κ2) is 5.55. The van der Waals surface area contributed by atoms with Crippen LogP contribution in [0.1, 0.15) is 19.3 Å². The molecule has 1 N–H and O–H groups in total. The van der Waals surface area contributed by atoms with Crippen molar-refractivity contribution in [1.82, 2.24) is 15.1 Å². The summed E-state index contributed by atoms with van der Waals surface area (Å²) in [6.45, 7) is 6.30. The summed E-state index contributed by atoms with van der Waals surface area (Å²) < 4.78 is 5.77. The molecule has 3 heterocycles. The quantitative estimate of drug-likeness (QED) is 0.732. The number of rotatable bonds is 2. The summed E-state index contributed by atoms with van der Waals surface area (Å²) in [5, 5.41) is 3.37. The van der Waals surface area contributed by atoms with Gasteiger partial charge in [0.05, 0.1) is 18.8 Å². The fraction of sp³-hybridized carbons (Fsp3) is 0.923. The van der Waals surface area contributed by atoms with Gasteiger partial charge in [0.25, 0.3) is 0 Å². The molecule has 0 saturated carbocycles. The SMILES string of the molecule is O=C(CN1CCCNCC1)N1CC2CCC(C1)O2. The molecule has 0 aromatic rings. The molecule has 0 aliphatic carbocycles. The van der Waals surface area contributed by atoms with E-state index in [0.717, 1.165) is 58.5 Å². The standard InChI is InChI=1S/C13H23N3O2/c17-13(10-15-6-1-4-14-5-7-15)16-8-11-2-3-12(9-16)18-11/h11-12,14H,1-10H2. The van der Waals surface area contributed by atoms with Crippen molar-refractivity contribution in [3.05, 3.63) is 0 Å². The Morgan fingerprint density at radius 3 is 2.72 bits per heavy atom. The molecule has 3 aliphatic heterocycles. The van der Waals surface area contributed by atoms with Gasteiger partial charge in [-0.25, -0.2) is 0 Å². The van der Waals surface area contributed by atoms with Crippen LogP contribution in [-0.2, 0) is 9.53 Å². The Morgan fingerprint density at radius 1 is 1.17 bits per heavy atom. The third-order valence-electron chi connectivity index (χ3n) is 4.19. The first-order chi connectivity index (χ1) is 8.81. The molecule has 3 aliphatic rings. The number of carbonyl (C=O) groups is 1. The van der Waals surface area contributed by atoms with Crippen LogP contribution in [0.5, 0.6) is 0 Å². The molecule has 3 fully saturated rings. The van der Waals surface area contributed by atoms with Gasteiger partial charge in [-0.3, -0.25) is 9.69 Å². The molecule has 3 rings (SSSR count). The van der Waals surface area contributed by atoms with E-state index in [1.54, 1.807) is 0 Å². The zero-order chi connectivity index (χ0) is 12.4. The Labute approximate surface area is 108 Å². The lowest BCUT2D eigenvalue weighted by molar-refractivity contribution is -0.141. The van der Waals surface area contributed by atoms with Crippen LogP contribution in [0.15, 0.2) is 0 Å². The van der Waals surface area contributed by atoms with E-state index in [1.807, 2.05) is 4.90 Å². The fourth-order valence-electron chi connectivity index (χ4n) is 3.17. The fourth-order valence-corrected chi connectivity index (χ4v) is 3.17. The van der Waals surface area contributed by atoms with Crippen molar-refractivity contribution >= 4 is 5.91 Å². The highest BCUT2D eigenvalue weighted by molar-refractivity contribution is 5.78. The summed E-state index contributed by atoms with van der Waals surface area (Å²) in [4.78, 5) is 16.6. The first kappa shape index (κ1) is 12.4. The average Bonchev–Trinajstić information content (AvgIpc) is 2.58. The molecular weight excluding hydrogens is 230 g/mol. The number of amides is 1. The maximum atomic E-state index is 12.3. The second-order valence-corrected chi connectivity index (χ2v) is 5.64. The summed E-state index contributed by atoms with van der Waals surface area (Å²) >= 11 is 0. The van der Waals surface area contributed by atoms with Crippen LogP contribution in [0.2, 0.25) is 0 Å². The van der Waals surface area contributed by atoms with Gasteiger partial charge in [-0.1, -0.05) is 0 Å². The van der Waals surface area contributed by atoms with Crippen LogP contribution in [0, 0.1) is 0 Å². The van der Waals surface area contributed by atoms with Gasteiger partial charge in [0.1, 0.15) is 0 Å². The van der Waals surface area contributed by atoms with E-state index in [9.17, 15) is 4.79 Å². The van der Waals surface area contributed by atoms with E-state index >= 15 is 0 Å². The van der Waals surface area contributed by atoms with Crippen LogP contribution in [0.3, 0.4) is 0 Å². The summed E-state index contributed by atoms with van der Waals surface area (Å²) in [5.41, 5.74) is 0. The Hall–Kier alpha value is -0.650. The van der Waals surface area contributed by atoms with Crippen molar-refractivity contribution in [2.24, 2.45) is 0 Å². The smallest absolute Gasteiger partial charge is 0.236 e. The van der Waals surface area contributed by atoms with Crippen LogP contribution in [0.4, 0.5) is 0 Å². The van der Waals surface area contributed by atoms with E-state index < -0.39 is 0 Å². The topological polar surface area (TPSA) is 44.8 Å². The first-order valence-corrected chi connectivity index (χ1v) is 7.17. The Kier molecular flexibility index (Phi) is 3.82. The molecule has 3 saturated heterocycles. The summed E-state index contributed by atoms with van der Waals surface area (Å²) in [5.74, 6) is 0.289. The summed E-state index contributed by atoms with van der Waals surface area (Å²) in [7, 11) is 0. The van der Waals surface area contributed by atoms with Crippen LogP contribution < -0.4 is 5.32 Å². The number of likely N-dealkylation sites (tertiary alicyclic amines) is 1. The number of hydrogen-bond acceptors (Lipinski definition) is 4. The highest BCUT2D eigenvalue weighted by Crippen LogP contribution is 2.26. The van der Waals surface area contributed by atoms with Crippen LogP contribution in [-0.4, -0.2) is 73.7 Å². The first-order valence-electron chi connectivity index (χ1n) is 7.17. The lowest BCUT2D eigenvalue weighted by atomic mass is 10.2. The summed E-state index contributed by atoms with van der Waals surface area (Å²) in [6, 6.07) is 0. The zero-order valence-electron chi connectivity index (χ0n) is 10.9. The van der Waals surface area contributed by atoms with Gasteiger partial charge in [-0.05, 0) is 32.4 Å². The second-order valence-electron chi connectivity index (χ2n) is 5.64. The highest BCUT2D eigenvalue weighted by atomic mass is 16.5. The van der Waals surface area contributed by atoms with E-state index in [-0.39, 0.29) is 5.91 Å². The monoisotopic (exact) mass is 253 g/mol. The molecule has 2 bridgehead atoms. The van der Waals surface area contributed by atoms with Gasteiger partial charge in [0.2, 0.25) is 5.91 Å². The van der Waals surface area contributed by atoms with Gasteiger partial charge in [-0.2, -0.15) is 0 Å². The van der Waals surface area contributed by atoms with E-state index in [2.05, 4.69) is 10.2 Å². The molecule has 0 radical (unpaired) electrons. The maximum absolute atomic E-state index is 12.3. The lowest BCUT2D eigenvalue weighted by Crippen LogP contribution is -2.49. The van der Waals surface area contributed by atoms with Gasteiger partial charge in [0.15, 0.2) is 0 Å². The van der Waals surface area contributed by atoms with Crippen molar-refractivity contribution < 1.29 is 9.53 Å². The minimum atomic E-state index is 0.289. The molecule has 18 heavy (non-hydrogen) atoms. The van der Waals surface area contributed by atoms with Crippen molar-refractivity contribution in [2.45, 2.75) is 31.5 Å². The van der Waals surface area contributed by atoms with E-state index in [1.165, 1.54) is 0 Å². The Bertz CT molecular complexity index is 291. The molecule has 0 aromatic heterocycles. The highest BCUT2D eigenvalue weighted by Gasteiger charge is 2.35. The maximum Gasteiger partial charge on any atom is 0.236 e. The molecule has 1 amide bonds. The average molecular weight is 253 g/mol. The Balaban J connectivity index is 1.51. The van der Waals surface area contributed by atoms with E-state index in [0.29, 0.717) is 18.8 Å². The molecule has 0 aromatic carbocycles. The van der Waals surface area contributed by atoms with Gasteiger partial charge in [0, 0.05) is 26.2 Å². The van der Waals surface area contributed by atoms with Crippen molar-refractivity contribution in [1.29, 1.82) is 0 Å². The molecule has 102 valence electrons. The summed E-state index contributed by atoms with van der Waals surface area (Å²) in [6.07, 6.45) is 4.00. The van der Waals surface area contributed by atoms with Gasteiger partial charge >= 0.3 is 0 Å². The number of ether oxygens (including phenoxy) is 1. The van der Waals surface area contributed by atoms with Crippen LogP contribution in [0.25, 0.3) is 0 Å².